The molecule has 3 atom stereocenters. The Morgan fingerprint density at radius 2 is 0.718 bits per heavy atom. The first kappa shape index (κ1) is 82.5. The first-order chi connectivity index (χ1) is 41.4. The summed E-state index contributed by atoms with van der Waals surface area (Å²) in [6, 6.07) is -0.893. The molecule has 0 aliphatic heterocycles. The molecule has 9 nitrogen and oxygen atoms in total. The molecule has 0 aliphatic rings. The molecule has 0 rings (SSSR count). The maximum Gasteiger partial charge on any atom is 0.306 e. The van der Waals surface area contributed by atoms with Gasteiger partial charge in [0.05, 0.1) is 33.8 Å². The fraction of sp³-hybridized carbons (Fsp3) is 0.813. The van der Waals surface area contributed by atoms with E-state index in [0.29, 0.717) is 17.4 Å². The number of nitrogens with one attached hydrogen (secondary N) is 1. The summed E-state index contributed by atoms with van der Waals surface area (Å²) >= 11 is 0. The normalized spacial score (nSPS) is 13.9. The molecular weight excluding hydrogens is 1070 g/mol. The Morgan fingerprint density at radius 1 is 0.412 bits per heavy atom. The van der Waals surface area contributed by atoms with Crippen LogP contribution in [0.25, 0.3) is 0 Å². The average Bonchev–Trinajstić information content (AvgIpc) is 3.64. The number of amides is 1. The SMILES string of the molecule is CCCCC/C=C\C/C=C\C/C=C\C/C=C\CCCCCCCCCCCCCC(=O)NC(COP(=O)([O-])OCC[N+](C)(C)C)C(/C=C\CCCCCCCCCCC)OC(=O)CCCCCCCCCCCCC/C=C/CCCCCCCC. The van der Waals surface area contributed by atoms with Crippen LogP contribution in [0.15, 0.2) is 72.9 Å². The van der Waals surface area contributed by atoms with E-state index in [1.807, 2.05) is 33.3 Å². The molecule has 85 heavy (non-hydrogen) atoms. The van der Waals surface area contributed by atoms with E-state index >= 15 is 0 Å². The number of carbonyl (C=O) groups is 2. The molecule has 0 bridgehead atoms. The second-order valence-corrected chi connectivity index (χ2v) is 27.1. The number of carbonyl (C=O) groups excluding carboxylic acids is 2. The molecular formula is C75H139N2O7P. The van der Waals surface area contributed by atoms with Gasteiger partial charge in [0.15, 0.2) is 0 Å². The lowest BCUT2D eigenvalue weighted by atomic mass is 10.0. The van der Waals surface area contributed by atoms with Crippen LogP contribution in [0.4, 0.5) is 0 Å². The second-order valence-electron chi connectivity index (χ2n) is 25.7. The van der Waals surface area contributed by atoms with Crippen molar-refractivity contribution in [2.45, 2.75) is 354 Å². The van der Waals surface area contributed by atoms with Gasteiger partial charge >= 0.3 is 5.97 Å². The zero-order chi connectivity index (χ0) is 62.1. The van der Waals surface area contributed by atoms with Crippen molar-refractivity contribution < 1.29 is 37.3 Å². The number of phosphoric ester groups is 1. The number of esters is 1. The molecule has 10 heteroatoms. The average molecular weight is 1210 g/mol. The van der Waals surface area contributed by atoms with Crippen LogP contribution in [0.2, 0.25) is 0 Å². The lowest BCUT2D eigenvalue weighted by Crippen LogP contribution is -2.47. The predicted octanol–water partition coefficient (Wildman–Crippen LogP) is 22.5. The van der Waals surface area contributed by atoms with Crippen LogP contribution in [0, 0.1) is 0 Å². The monoisotopic (exact) mass is 1210 g/mol. The number of ether oxygens (including phenoxy) is 1. The summed E-state index contributed by atoms with van der Waals surface area (Å²) in [5.41, 5.74) is 0. The predicted molar refractivity (Wildman–Crippen MR) is 367 cm³/mol. The van der Waals surface area contributed by atoms with Gasteiger partial charge in [0.2, 0.25) is 5.91 Å². The fourth-order valence-electron chi connectivity index (χ4n) is 10.5. The molecule has 0 spiro atoms. The highest BCUT2D eigenvalue weighted by Gasteiger charge is 2.27. The molecule has 0 radical (unpaired) electrons. The van der Waals surface area contributed by atoms with Crippen LogP contribution in [0.1, 0.15) is 342 Å². The van der Waals surface area contributed by atoms with Gasteiger partial charge in [-0.3, -0.25) is 14.2 Å². The van der Waals surface area contributed by atoms with Crippen molar-refractivity contribution in [3.05, 3.63) is 72.9 Å². The summed E-state index contributed by atoms with van der Waals surface area (Å²) in [4.78, 5) is 40.2. The van der Waals surface area contributed by atoms with Crippen molar-refractivity contribution in [1.82, 2.24) is 5.32 Å². The lowest BCUT2D eigenvalue weighted by Gasteiger charge is -2.30. The van der Waals surface area contributed by atoms with Gasteiger partial charge in [-0.05, 0) is 102 Å². The lowest BCUT2D eigenvalue weighted by molar-refractivity contribution is -0.870. The highest BCUT2D eigenvalue weighted by Crippen LogP contribution is 2.38. The Hall–Kier alpha value is -2.55. The third-order valence-electron chi connectivity index (χ3n) is 16.1. The Kier molecular flexibility index (Phi) is 62.5. The summed E-state index contributed by atoms with van der Waals surface area (Å²) in [7, 11) is 1.19. The van der Waals surface area contributed by atoms with E-state index in [4.69, 9.17) is 13.8 Å². The number of hydrogen-bond donors (Lipinski definition) is 1. The Balaban J connectivity index is 5.00. The molecule has 0 aromatic heterocycles. The molecule has 0 saturated carbocycles. The maximum atomic E-state index is 13.6. The van der Waals surface area contributed by atoms with E-state index < -0.39 is 20.0 Å². The topological polar surface area (TPSA) is 114 Å². The molecule has 0 saturated heterocycles. The first-order valence-electron chi connectivity index (χ1n) is 36.2. The van der Waals surface area contributed by atoms with Gasteiger partial charge in [-0.15, -0.1) is 0 Å². The molecule has 0 aliphatic carbocycles. The smallest absolute Gasteiger partial charge is 0.306 e. The van der Waals surface area contributed by atoms with E-state index in [9.17, 15) is 19.0 Å². The Bertz CT molecular complexity index is 1680. The van der Waals surface area contributed by atoms with Gasteiger partial charge in [-0.2, -0.15) is 0 Å². The highest BCUT2D eigenvalue weighted by atomic mass is 31.2. The largest absolute Gasteiger partial charge is 0.756 e. The van der Waals surface area contributed by atoms with Crippen LogP contribution < -0.4 is 10.2 Å². The zero-order valence-electron chi connectivity index (χ0n) is 56.8. The number of rotatable bonds is 66. The summed E-state index contributed by atoms with van der Waals surface area (Å²) in [5.74, 6) is -0.536. The van der Waals surface area contributed by atoms with Crippen molar-refractivity contribution in [3.63, 3.8) is 0 Å². The van der Waals surface area contributed by atoms with Gasteiger partial charge in [0.1, 0.15) is 19.3 Å². The summed E-state index contributed by atoms with van der Waals surface area (Å²) < 4.78 is 30.4. The standard InChI is InChI=1S/C75H139N2O7P/c1-7-10-13-16-19-22-25-27-29-31-33-35-36-37-38-39-40-42-43-45-47-49-52-55-58-61-64-67-74(78)76-72(71-83-85(80,81)82-70-69-77(4,5)6)73(66-63-60-57-54-51-24-21-18-15-12-9-3)84-75(79)68-65-62-59-56-53-50-48-46-44-41-34-32-30-28-26-23-20-17-14-11-8-2/h19,22,27-30,33,35,37-38,63,66,72-73H,7-18,20-21,23-26,31-32,34,36,39-62,64-65,67-71H2,1-6H3,(H-,76,78,80,81)/b22-19-,29-27-,30-28+,35-33-,38-37-,66-63-. The second kappa shape index (κ2) is 64.4. The first-order valence-corrected chi connectivity index (χ1v) is 37.7. The van der Waals surface area contributed by atoms with Gasteiger partial charge in [0.25, 0.3) is 7.82 Å². The third-order valence-corrected chi connectivity index (χ3v) is 17.1. The minimum absolute atomic E-state index is 0.0239. The fourth-order valence-corrected chi connectivity index (χ4v) is 11.2. The van der Waals surface area contributed by atoms with Gasteiger partial charge in [0, 0.05) is 12.8 Å². The third kappa shape index (κ3) is 65.7. The summed E-state index contributed by atoms with van der Waals surface area (Å²) in [5, 5.41) is 3.04. The van der Waals surface area contributed by atoms with E-state index in [2.05, 4.69) is 86.8 Å². The number of phosphoric acid groups is 1. The van der Waals surface area contributed by atoms with Crippen molar-refractivity contribution >= 4 is 19.7 Å². The molecule has 496 valence electrons. The highest BCUT2D eigenvalue weighted by molar-refractivity contribution is 7.45. The molecule has 3 unspecified atom stereocenters. The zero-order valence-corrected chi connectivity index (χ0v) is 57.7. The molecule has 1 amide bonds. The molecule has 0 aromatic carbocycles. The van der Waals surface area contributed by atoms with Crippen LogP contribution in [0.5, 0.6) is 0 Å². The van der Waals surface area contributed by atoms with Crippen LogP contribution >= 0.6 is 7.82 Å². The number of unbranched alkanes of at least 4 members (excludes halogenated alkanes) is 40. The quantitative estimate of drug-likeness (QED) is 0.0212. The molecule has 0 fully saturated rings. The molecule has 0 aromatic rings. The Labute approximate surface area is 527 Å². The van der Waals surface area contributed by atoms with Gasteiger partial charge < -0.3 is 28.5 Å². The van der Waals surface area contributed by atoms with Crippen molar-refractivity contribution in [3.8, 4) is 0 Å². The van der Waals surface area contributed by atoms with Gasteiger partial charge in [-0.25, -0.2) is 0 Å². The number of nitrogens with zero attached hydrogens (tertiary/aromatic N) is 1. The number of likely N-dealkylation sites (N-methyl/N-ethyl adjacent to an activating group) is 1. The van der Waals surface area contributed by atoms with Crippen LogP contribution in [-0.4, -0.2) is 69.4 Å². The minimum atomic E-state index is -4.71. The molecule has 1 N–H and O–H groups in total. The van der Waals surface area contributed by atoms with Crippen molar-refractivity contribution in [2.24, 2.45) is 0 Å². The molecule has 0 heterocycles. The number of allylic oxidation sites excluding steroid dienone is 11. The van der Waals surface area contributed by atoms with Crippen LogP contribution in [0.3, 0.4) is 0 Å². The summed E-state index contributed by atoms with van der Waals surface area (Å²) in [6.07, 6.45) is 84.5. The van der Waals surface area contributed by atoms with E-state index in [0.717, 1.165) is 83.5 Å². The van der Waals surface area contributed by atoms with E-state index in [1.165, 1.54) is 225 Å². The Morgan fingerprint density at radius 3 is 1.11 bits per heavy atom. The summed E-state index contributed by atoms with van der Waals surface area (Å²) in [6.45, 7) is 6.84. The minimum Gasteiger partial charge on any atom is -0.756 e. The number of quaternary nitrogens is 1. The number of hydrogen-bond acceptors (Lipinski definition) is 7. The van der Waals surface area contributed by atoms with Crippen molar-refractivity contribution in [2.75, 3.05) is 40.9 Å². The van der Waals surface area contributed by atoms with Crippen molar-refractivity contribution in [1.29, 1.82) is 0 Å². The maximum absolute atomic E-state index is 13.6. The van der Waals surface area contributed by atoms with E-state index in [-0.39, 0.29) is 31.5 Å². The van der Waals surface area contributed by atoms with E-state index in [1.54, 1.807) is 0 Å². The van der Waals surface area contributed by atoms with Gasteiger partial charge in [-0.1, -0.05) is 299 Å². The van der Waals surface area contributed by atoms with Crippen LogP contribution in [-0.2, 0) is 27.9 Å².